The van der Waals surface area contributed by atoms with Gasteiger partial charge in [-0.3, -0.25) is 19.2 Å². The maximum atomic E-state index is 15.2. The molecule has 3 aromatic carbocycles. The number of aliphatic hydroxyl groups excluding tert-OH is 1. The normalized spacial score (nSPS) is 22.8. The Kier molecular flexibility index (Phi) is 11.3. The molecule has 3 aliphatic heterocycles. The minimum absolute atomic E-state index is 0.0109. The summed E-state index contributed by atoms with van der Waals surface area (Å²) in [6.45, 7) is 13.0. The summed E-state index contributed by atoms with van der Waals surface area (Å²) in [6.07, 6.45) is 9.19. The molecule has 1 fully saturated rings. The molecule has 1 spiro atoms. The molecule has 4 aromatic rings. The van der Waals surface area contributed by atoms with Crippen molar-refractivity contribution in [3.8, 4) is 0 Å². The smallest absolute Gasteiger partial charge is 0.264 e. The Morgan fingerprint density at radius 2 is 1.75 bits per heavy atom. The third-order valence-electron chi connectivity index (χ3n) is 12.0. The fraction of sp³-hybridized carbons (Fsp3) is 0.422. The summed E-state index contributed by atoms with van der Waals surface area (Å²) in [5.41, 5.74) is 6.65. The van der Waals surface area contributed by atoms with Crippen LogP contribution in [0.3, 0.4) is 0 Å². The number of hydrogen-bond acceptors (Lipinski definition) is 7. The molecule has 56 heavy (non-hydrogen) atoms. The second-order valence-corrected chi connectivity index (χ2v) is 20.5. The van der Waals surface area contributed by atoms with Crippen LogP contribution in [0, 0.1) is 5.92 Å². The van der Waals surface area contributed by atoms with E-state index in [4.69, 9.17) is 4.74 Å². The number of fused-ring (bicyclic) bond motifs is 3. The van der Waals surface area contributed by atoms with Gasteiger partial charge in [0.15, 0.2) is 13.9 Å². The van der Waals surface area contributed by atoms with E-state index in [1.54, 1.807) is 9.58 Å². The molecule has 10 nitrogen and oxygen atoms in total. The van der Waals surface area contributed by atoms with Crippen LogP contribution in [-0.2, 0) is 32.9 Å². The first-order valence-corrected chi connectivity index (χ1v) is 23.0. The summed E-state index contributed by atoms with van der Waals surface area (Å²) < 4.78 is 8.95. The molecule has 7 rings (SSSR count). The topological polar surface area (TPSA) is 121 Å². The van der Waals surface area contributed by atoms with Gasteiger partial charge in [-0.2, -0.15) is 0 Å². The molecule has 3 aliphatic rings. The lowest BCUT2D eigenvalue weighted by atomic mass is 9.82. The van der Waals surface area contributed by atoms with E-state index < -0.39 is 20.0 Å². The van der Waals surface area contributed by atoms with Crippen LogP contribution in [0.5, 0.6) is 0 Å². The molecule has 1 unspecified atom stereocenters. The molecule has 1 saturated heterocycles. The van der Waals surface area contributed by atoms with Crippen LogP contribution in [-0.4, -0.2) is 64.3 Å². The van der Waals surface area contributed by atoms with Crippen molar-refractivity contribution >= 4 is 37.2 Å². The van der Waals surface area contributed by atoms with Gasteiger partial charge in [-0.05, 0) is 94.9 Å². The van der Waals surface area contributed by atoms with Gasteiger partial charge in [-0.1, -0.05) is 84.0 Å². The first-order valence-electron chi connectivity index (χ1n) is 20.0. The van der Waals surface area contributed by atoms with Crippen LogP contribution < -0.4 is 9.80 Å². The number of benzene rings is 3. The van der Waals surface area contributed by atoms with E-state index in [1.165, 1.54) is 11.1 Å². The van der Waals surface area contributed by atoms with Crippen molar-refractivity contribution in [2.45, 2.75) is 103 Å². The van der Waals surface area contributed by atoms with Crippen LogP contribution in [0.15, 0.2) is 102 Å². The van der Waals surface area contributed by atoms with E-state index in [0.717, 1.165) is 40.9 Å². The first kappa shape index (κ1) is 39.5. The maximum absolute atomic E-state index is 15.2. The van der Waals surface area contributed by atoms with Crippen molar-refractivity contribution in [1.82, 2.24) is 15.0 Å². The van der Waals surface area contributed by atoms with E-state index in [0.29, 0.717) is 43.7 Å². The number of amides is 2. The van der Waals surface area contributed by atoms with E-state index >= 15 is 4.79 Å². The maximum Gasteiger partial charge on any atom is 0.264 e. The van der Waals surface area contributed by atoms with Gasteiger partial charge in [0.1, 0.15) is 0 Å². The van der Waals surface area contributed by atoms with Gasteiger partial charge >= 0.3 is 0 Å². The molecule has 2 amide bonds. The number of ether oxygens (including phenoxy) is 1. The second-order valence-electron chi connectivity index (χ2n) is 16.5. The zero-order chi connectivity index (χ0) is 39.8. The van der Waals surface area contributed by atoms with Gasteiger partial charge in [0, 0.05) is 48.4 Å². The van der Waals surface area contributed by atoms with Crippen LogP contribution >= 0.6 is 0 Å². The van der Waals surface area contributed by atoms with Crippen molar-refractivity contribution in [3.05, 3.63) is 125 Å². The predicted molar refractivity (Wildman–Crippen MR) is 222 cm³/mol. The van der Waals surface area contributed by atoms with Crippen molar-refractivity contribution < 1.29 is 24.2 Å². The average Bonchev–Trinajstić information content (AvgIpc) is 3.83. The number of anilines is 3. The van der Waals surface area contributed by atoms with Crippen LogP contribution in [0.25, 0.3) is 0 Å². The number of para-hydroxylation sites is 1. The van der Waals surface area contributed by atoms with Crippen molar-refractivity contribution in [3.63, 3.8) is 0 Å². The number of rotatable bonds is 13. The quantitative estimate of drug-likeness (QED) is 0.105. The number of hydrogen-bond donors (Lipinski definition) is 2. The molecule has 0 aliphatic carbocycles. The van der Waals surface area contributed by atoms with E-state index in [-0.39, 0.29) is 35.8 Å². The average molecular weight is 774 g/mol. The van der Waals surface area contributed by atoms with Crippen molar-refractivity contribution in [1.29, 1.82) is 0 Å². The summed E-state index contributed by atoms with van der Waals surface area (Å²) in [5, 5.41) is 19.1. The Labute approximate surface area is 331 Å². The predicted octanol–water partition coefficient (Wildman–Crippen LogP) is 7.94. The number of aromatic nitrogens is 3. The van der Waals surface area contributed by atoms with Gasteiger partial charge in [0.2, 0.25) is 5.91 Å². The van der Waals surface area contributed by atoms with Crippen LogP contribution in [0.1, 0.15) is 81.7 Å². The molecule has 5 atom stereocenters. The number of allylic oxidation sites excluding steroid dienone is 3. The van der Waals surface area contributed by atoms with Gasteiger partial charge in [-0.25, -0.2) is 0 Å². The summed E-state index contributed by atoms with van der Waals surface area (Å²) >= 11 is 0. The standard InChI is InChI=1S/C45H55N5O5Si/c1-30(2)13-12-14-31(3)23-26-49-40-21-20-35(50-39-18-11-10-17-34(39)19-22-42(50)52)27-37(40)45(44(49)53)32(4)43(56(5,6)54)41(55-45)24-25-48-28-38(46-47-48)36(29-51)33-15-8-7-9-16-33/h7-11,13,15-18,20-21,23,27-28,32,36,41,43,51,54H,12,14,19,22,24-26,29H2,1-6H3/b31-23+/t32-,36?,41+,43-,45+/m1/s1. The van der Waals surface area contributed by atoms with E-state index in [2.05, 4.69) is 56.2 Å². The monoisotopic (exact) mass is 773 g/mol. The third-order valence-corrected chi connectivity index (χ3v) is 14.5. The number of aryl methyl sites for hydroxylation is 2. The lowest BCUT2D eigenvalue weighted by molar-refractivity contribution is -0.145. The zero-order valence-electron chi connectivity index (χ0n) is 33.5. The molecule has 0 saturated carbocycles. The van der Waals surface area contributed by atoms with Gasteiger partial charge in [-0.15, -0.1) is 5.10 Å². The number of carbonyl (C=O) groups excluding carboxylic acids is 2. The zero-order valence-corrected chi connectivity index (χ0v) is 34.5. The summed E-state index contributed by atoms with van der Waals surface area (Å²) in [7, 11) is -2.94. The van der Waals surface area contributed by atoms with Crippen LogP contribution in [0.2, 0.25) is 18.6 Å². The summed E-state index contributed by atoms with van der Waals surface area (Å²) in [5.74, 6) is -0.792. The first-order chi connectivity index (χ1) is 26.8. The lowest BCUT2D eigenvalue weighted by Gasteiger charge is -2.33. The largest absolute Gasteiger partial charge is 0.432 e. The van der Waals surface area contributed by atoms with Crippen molar-refractivity contribution in [2.24, 2.45) is 5.92 Å². The highest BCUT2D eigenvalue weighted by molar-refractivity contribution is 6.71. The number of aliphatic hydroxyl groups is 1. The lowest BCUT2D eigenvalue weighted by Crippen LogP contribution is -2.46. The molecule has 11 heteroatoms. The number of carbonyl (C=O) groups is 2. The molecule has 0 bridgehead atoms. The fourth-order valence-electron chi connectivity index (χ4n) is 9.20. The highest BCUT2D eigenvalue weighted by atomic mass is 28.4. The third kappa shape index (κ3) is 7.45. The van der Waals surface area contributed by atoms with E-state index in [1.807, 2.05) is 90.9 Å². The second kappa shape index (κ2) is 16.1. The Morgan fingerprint density at radius 1 is 1.00 bits per heavy atom. The van der Waals surface area contributed by atoms with Gasteiger partial charge in [0.25, 0.3) is 5.91 Å². The highest BCUT2D eigenvalue weighted by Crippen LogP contribution is 2.60. The Bertz CT molecular complexity index is 2140. The summed E-state index contributed by atoms with van der Waals surface area (Å²) in [4.78, 5) is 44.3. The molecule has 4 heterocycles. The molecular formula is C45H55N5O5Si. The molecule has 0 radical (unpaired) electrons. The minimum atomic E-state index is -2.94. The van der Waals surface area contributed by atoms with Gasteiger partial charge < -0.3 is 19.5 Å². The summed E-state index contributed by atoms with van der Waals surface area (Å²) in [6, 6.07) is 23.7. The fourth-order valence-corrected chi connectivity index (χ4v) is 11.8. The van der Waals surface area contributed by atoms with E-state index in [9.17, 15) is 14.7 Å². The van der Waals surface area contributed by atoms with Crippen molar-refractivity contribution in [2.75, 3.05) is 23.0 Å². The molecular weight excluding hydrogens is 719 g/mol. The molecule has 1 aromatic heterocycles. The van der Waals surface area contributed by atoms with Crippen LogP contribution in [0.4, 0.5) is 17.1 Å². The Hall–Kier alpha value is -4.68. The number of nitrogens with zero attached hydrogens (tertiary/aromatic N) is 5. The SMILES string of the molecule is CC(C)=CCC/C(C)=C/CN1C(=O)[C@@]2(O[C@@H](CCn3cc(C(CO)c4ccccc4)nn3)[C@H]([Si](C)(C)O)[C@H]2C)c2cc(N3C(=O)CCc4ccccc43)ccc21. The minimum Gasteiger partial charge on any atom is -0.432 e. The molecule has 2 N–H and O–H groups in total. The highest BCUT2D eigenvalue weighted by Gasteiger charge is 2.66. The van der Waals surface area contributed by atoms with Gasteiger partial charge in [0.05, 0.1) is 35.7 Å². The Balaban J connectivity index is 1.24. The molecule has 294 valence electrons. The Morgan fingerprint density at radius 3 is 2.48 bits per heavy atom.